The minimum absolute atomic E-state index is 0.0942. The molecule has 2 rings (SSSR count). The van der Waals surface area contributed by atoms with Gasteiger partial charge in [0.1, 0.15) is 5.69 Å². The van der Waals surface area contributed by atoms with Crippen LogP contribution in [0.3, 0.4) is 0 Å². The smallest absolute Gasteiger partial charge is 0.303 e. The van der Waals surface area contributed by atoms with Crippen molar-refractivity contribution in [1.82, 2.24) is 9.88 Å². The molecule has 0 atom stereocenters. The van der Waals surface area contributed by atoms with Crippen LogP contribution in [0.5, 0.6) is 0 Å². The van der Waals surface area contributed by atoms with Gasteiger partial charge in [0.25, 0.3) is 5.91 Å². The van der Waals surface area contributed by atoms with Crippen molar-refractivity contribution in [3.05, 3.63) is 29.8 Å². The third kappa shape index (κ3) is 3.49. The lowest BCUT2D eigenvalue weighted by Crippen LogP contribution is -2.39. The van der Waals surface area contributed by atoms with E-state index in [2.05, 4.69) is 4.98 Å². The Morgan fingerprint density at radius 3 is 2.63 bits per heavy atom. The van der Waals surface area contributed by atoms with Gasteiger partial charge < -0.3 is 10.0 Å². The first kappa shape index (κ1) is 13.5. The molecule has 0 aromatic carbocycles. The summed E-state index contributed by atoms with van der Waals surface area (Å²) in [7, 11) is 0. The number of nitrogens with zero attached hydrogens (tertiary/aromatic N) is 2. The first-order valence-corrected chi connectivity index (χ1v) is 6.20. The number of carboxylic acid groups (broad SMARTS) is 1. The summed E-state index contributed by atoms with van der Waals surface area (Å²) in [6, 6.07) is 4.12. The summed E-state index contributed by atoms with van der Waals surface area (Å²) in [6.07, 6.45) is 1.46. The van der Waals surface area contributed by atoms with E-state index in [-0.39, 0.29) is 23.9 Å². The van der Waals surface area contributed by atoms with Crippen molar-refractivity contribution in [2.24, 2.45) is 5.92 Å². The highest BCUT2D eigenvalue weighted by molar-refractivity contribution is 5.92. The number of aromatic nitrogens is 1. The SMILES string of the molecule is O=C(O)CC1CCN(C(=O)c2cccc(F)n2)CC1. The molecule has 1 aromatic heterocycles. The lowest BCUT2D eigenvalue weighted by Gasteiger charge is -2.31. The van der Waals surface area contributed by atoms with Gasteiger partial charge in [-0.05, 0) is 30.9 Å². The van der Waals surface area contributed by atoms with Crippen LogP contribution in [0.2, 0.25) is 0 Å². The minimum atomic E-state index is -0.809. The predicted molar refractivity (Wildman–Crippen MR) is 65.1 cm³/mol. The quantitative estimate of drug-likeness (QED) is 0.843. The van der Waals surface area contributed by atoms with E-state index in [0.29, 0.717) is 25.9 Å². The van der Waals surface area contributed by atoms with Crippen molar-refractivity contribution < 1.29 is 19.1 Å². The van der Waals surface area contributed by atoms with Crippen LogP contribution in [0.4, 0.5) is 4.39 Å². The average Bonchev–Trinajstić information content (AvgIpc) is 2.38. The molecular weight excluding hydrogens is 251 g/mol. The van der Waals surface area contributed by atoms with E-state index in [1.54, 1.807) is 4.90 Å². The van der Waals surface area contributed by atoms with E-state index in [1.165, 1.54) is 18.2 Å². The number of halogens is 1. The largest absolute Gasteiger partial charge is 0.481 e. The highest BCUT2D eigenvalue weighted by Crippen LogP contribution is 2.21. The summed E-state index contributed by atoms with van der Waals surface area (Å²) >= 11 is 0. The maximum Gasteiger partial charge on any atom is 0.303 e. The number of carbonyl (C=O) groups is 2. The molecule has 102 valence electrons. The molecule has 5 nitrogen and oxygen atoms in total. The third-order valence-corrected chi connectivity index (χ3v) is 3.30. The first-order chi connectivity index (χ1) is 9.06. The standard InChI is InChI=1S/C13H15FN2O3/c14-11-3-1-2-10(15-11)13(19)16-6-4-9(5-7-16)8-12(17)18/h1-3,9H,4-8H2,(H,17,18). The van der Waals surface area contributed by atoms with Crippen LogP contribution < -0.4 is 0 Å². The molecule has 0 bridgehead atoms. The van der Waals surface area contributed by atoms with Crippen LogP contribution in [0.1, 0.15) is 29.8 Å². The second-order valence-electron chi connectivity index (χ2n) is 4.68. The van der Waals surface area contributed by atoms with E-state index in [0.717, 1.165) is 0 Å². The molecule has 0 radical (unpaired) electrons. The van der Waals surface area contributed by atoms with Crippen LogP contribution in [-0.2, 0) is 4.79 Å². The zero-order valence-corrected chi connectivity index (χ0v) is 10.4. The molecule has 2 heterocycles. The van der Waals surface area contributed by atoms with Gasteiger partial charge in [0.05, 0.1) is 0 Å². The topological polar surface area (TPSA) is 70.5 Å². The fourth-order valence-electron chi connectivity index (χ4n) is 2.28. The van der Waals surface area contributed by atoms with Crippen molar-refractivity contribution in [1.29, 1.82) is 0 Å². The maximum absolute atomic E-state index is 13.0. The number of pyridine rings is 1. The number of aliphatic carboxylic acids is 1. The van der Waals surface area contributed by atoms with E-state index >= 15 is 0 Å². The Hall–Kier alpha value is -1.98. The Kier molecular flexibility index (Phi) is 4.09. The number of carbonyl (C=O) groups excluding carboxylic acids is 1. The zero-order valence-electron chi connectivity index (χ0n) is 10.4. The molecule has 1 aliphatic rings. The second-order valence-corrected chi connectivity index (χ2v) is 4.68. The number of hydrogen-bond acceptors (Lipinski definition) is 3. The Morgan fingerprint density at radius 1 is 1.37 bits per heavy atom. The zero-order chi connectivity index (χ0) is 13.8. The summed E-state index contributed by atoms with van der Waals surface area (Å²) in [5, 5.41) is 8.72. The number of hydrogen-bond donors (Lipinski definition) is 1. The summed E-state index contributed by atoms with van der Waals surface area (Å²) in [6.45, 7) is 0.990. The third-order valence-electron chi connectivity index (χ3n) is 3.30. The number of amides is 1. The highest BCUT2D eigenvalue weighted by Gasteiger charge is 2.25. The molecule has 0 saturated carbocycles. The lowest BCUT2D eigenvalue weighted by molar-refractivity contribution is -0.138. The molecule has 1 aliphatic heterocycles. The van der Waals surface area contributed by atoms with E-state index in [1.807, 2.05) is 0 Å². The van der Waals surface area contributed by atoms with Gasteiger partial charge in [-0.3, -0.25) is 9.59 Å². The summed E-state index contributed by atoms with van der Waals surface area (Å²) in [4.78, 5) is 27.8. The number of likely N-dealkylation sites (tertiary alicyclic amines) is 1. The van der Waals surface area contributed by atoms with Crippen LogP contribution in [-0.4, -0.2) is 40.0 Å². The minimum Gasteiger partial charge on any atom is -0.481 e. The molecule has 1 amide bonds. The van der Waals surface area contributed by atoms with Gasteiger partial charge in [-0.25, -0.2) is 4.98 Å². The molecule has 0 unspecified atom stereocenters. The molecule has 1 fully saturated rings. The van der Waals surface area contributed by atoms with Crippen molar-refractivity contribution in [2.45, 2.75) is 19.3 Å². The fourth-order valence-corrected chi connectivity index (χ4v) is 2.28. The normalized spacial score (nSPS) is 16.4. The molecule has 0 spiro atoms. The number of piperidine rings is 1. The predicted octanol–water partition coefficient (Wildman–Crippen LogP) is 1.55. The van der Waals surface area contributed by atoms with Crippen LogP contribution >= 0.6 is 0 Å². The molecular formula is C13H15FN2O3. The van der Waals surface area contributed by atoms with Crippen molar-refractivity contribution in [2.75, 3.05) is 13.1 Å². The van der Waals surface area contributed by atoms with Crippen molar-refractivity contribution in [3.8, 4) is 0 Å². The van der Waals surface area contributed by atoms with Crippen molar-refractivity contribution in [3.63, 3.8) is 0 Å². The first-order valence-electron chi connectivity index (χ1n) is 6.20. The molecule has 6 heteroatoms. The van der Waals surface area contributed by atoms with Crippen LogP contribution in [0.15, 0.2) is 18.2 Å². The Labute approximate surface area is 110 Å². The van der Waals surface area contributed by atoms with Crippen LogP contribution in [0, 0.1) is 11.9 Å². The summed E-state index contributed by atoms with van der Waals surface area (Å²) < 4.78 is 13.0. The fraction of sp³-hybridized carbons (Fsp3) is 0.462. The van der Waals surface area contributed by atoms with Gasteiger partial charge in [0, 0.05) is 19.5 Å². The monoisotopic (exact) mass is 266 g/mol. The van der Waals surface area contributed by atoms with E-state index in [9.17, 15) is 14.0 Å². The summed E-state index contributed by atoms with van der Waals surface area (Å²) in [5.74, 6) is -1.67. The molecule has 1 saturated heterocycles. The van der Waals surface area contributed by atoms with Crippen LogP contribution in [0.25, 0.3) is 0 Å². The molecule has 1 aromatic rings. The van der Waals surface area contributed by atoms with Gasteiger partial charge in [-0.2, -0.15) is 4.39 Å². The average molecular weight is 266 g/mol. The number of rotatable bonds is 3. The van der Waals surface area contributed by atoms with E-state index < -0.39 is 11.9 Å². The molecule has 0 aliphatic carbocycles. The van der Waals surface area contributed by atoms with Gasteiger partial charge >= 0.3 is 5.97 Å². The molecule has 19 heavy (non-hydrogen) atoms. The molecule has 1 N–H and O–H groups in total. The Bertz CT molecular complexity index is 485. The maximum atomic E-state index is 13.0. The van der Waals surface area contributed by atoms with Gasteiger partial charge in [0.2, 0.25) is 5.95 Å². The summed E-state index contributed by atoms with van der Waals surface area (Å²) in [5.41, 5.74) is 0.0942. The Morgan fingerprint density at radius 2 is 2.05 bits per heavy atom. The number of carboxylic acids is 1. The van der Waals surface area contributed by atoms with Gasteiger partial charge in [0.15, 0.2) is 0 Å². The highest BCUT2D eigenvalue weighted by atomic mass is 19.1. The van der Waals surface area contributed by atoms with Crippen molar-refractivity contribution >= 4 is 11.9 Å². The lowest BCUT2D eigenvalue weighted by atomic mass is 9.93. The second kappa shape index (κ2) is 5.77. The van der Waals surface area contributed by atoms with E-state index in [4.69, 9.17) is 5.11 Å². The van der Waals surface area contributed by atoms with Gasteiger partial charge in [-0.15, -0.1) is 0 Å². The van der Waals surface area contributed by atoms with Gasteiger partial charge in [-0.1, -0.05) is 6.07 Å². The Balaban J connectivity index is 1.94.